The Hall–Kier alpha value is -1.28. The summed E-state index contributed by atoms with van der Waals surface area (Å²) >= 11 is 0. The van der Waals surface area contributed by atoms with Crippen molar-refractivity contribution in [1.82, 2.24) is 9.97 Å². The second-order valence-electron chi connectivity index (χ2n) is 5.59. The minimum Gasteiger partial charge on any atom is -0.457 e. The molecule has 0 atom stereocenters. The number of ether oxygens (including phenoxy) is 1. The summed E-state index contributed by atoms with van der Waals surface area (Å²) in [5, 5.41) is 0. The molecule has 0 N–H and O–H groups in total. The Bertz CT molecular complexity index is 452. The number of hydrogen-bond donors (Lipinski definition) is 0. The quantitative estimate of drug-likeness (QED) is 0.783. The first-order valence-corrected chi connectivity index (χ1v) is 6.30. The van der Waals surface area contributed by atoms with Gasteiger partial charge in [-0.25, -0.2) is 18.7 Å². The Kier molecular flexibility index (Phi) is 3.97. The lowest BCUT2D eigenvalue weighted by Crippen LogP contribution is -2.41. The van der Waals surface area contributed by atoms with Crippen molar-refractivity contribution in [2.24, 2.45) is 0 Å². The second-order valence-corrected chi connectivity index (χ2v) is 5.59. The molecular formula is C12H17BF2N2O3. The third-order valence-corrected chi connectivity index (χ3v) is 3.51. The zero-order valence-corrected chi connectivity index (χ0v) is 11.9. The third kappa shape index (κ3) is 3.07. The van der Waals surface area contributed by atoms with Gasteiger partial charge < -0.3 is 14.0 Å². The zero-order chi connectivity index (χ0) is 15.0. The number of aromatic nitrogens is 2. The maximum absolute atomic E-state index is 12.0. The van der Waals surface area contributed by atoms with E-state index in [4.69, 9.17) is 14.0 Å². The first-order chi connectivity index (χ1) is 9.21. The van der Waals surface area contributed by atoms with Crippen molar-refractivity contribution in [2.45, 2.75) is 45.3 Å². The van der Waals surface area contributed by atoms with Crippen molar-refractivity contribution in [3.8, 4) is 6.01 Å². The molecular weight excluding hydrogens is 269 g/mol. The molecule has 5 nitrogen and oxygen atoms in total. The van der Waals surface area contributed by atoms with Crippen LogP contribution in [-0.4, -0.2) is 41.3 Å². The fourth-order valence-electron chi connectivity index (χ4n) is 1.64. The zero-order valence-electron chi connectivity index (χ0n) is 11.9. The molecule has 0 spiro atoms. The topological polar surface area (TPSA) is 53.5 Å². The van der Waals surface area contributed by atoms with E-state index in [0.29, 0.717) is 5.46 Å². The number of rotatable bonds is 4. The maximum Gasteiger partial charge on any atom is 0.498 e. The minimum absolute atomic E-state index is 0.0921. The van der Waals surface area contributed by atoms with Crippen LogP contribution in [0.3, 0.4) is 0 Å². The van der Waals surface area contributed by atoms with Crippen molar-refractivity contribution >= 4 is 12.6 Å². The van der Waals surface area contributed by atoms with E-state index in [-0.39, 0.29) is 6.01 Å². The van der Waals surface area contributed by atoms with E-state index < -0.39 is 31.4 Å². The van der Waals surface area contributed by atoms with Gasteiger partial charge in [0.15, 0.2) is 6.61 Å². The Balaban J connectivity index is 2.05. The van der Waals surface area contributed by atoms with Gasteiger partial charge in [0.2, 0.25) is 0 Å². The van der Waals surface area contributed by atoms with Crippen molar-refractivity contribution in [1.29, 1.82) is 0 Å². The number of halogens is 2. The van der Waals surface area contributed by atoms with Crippen LogP contribution >= 0.6 is 0 Å². The SMILES string of the molecule is CC1(C)OB(c2cnc(OCC(F)F)nc2)OC1(C)C. The molecule has 1 fully saturated rings. The second kappa shape index (κ2) is 5.25. The van der Waals surface area contributed by atoms with Crippen LogP contribution in [-0.2, 0) is 9.31 Å². The van der Waals surface area contributed by atoms with Crippen LogP contribution in [0.1, 0.15) is 27.7 Å². The molecule has 0 aliphatic carbocycles. The van der Waals surface area contributed by atoms with Gasteiger partial charge >= 0.3 is 13.1 Å². The predicted octanol–water partition coefficient (Wildman–Crippen LogP) is 1.42. The lowest BCUT2D eigenvalue weighted by Gasteiger charge is -2.32. The highest BCUT2D eigenvalue weighted by molar-refractivity contribution is 6.61. The summed E-state index contributed by atoms with van der Waals surface area (Å²) in [7, 11) is -0.579. The largest absolute Gasteiger partial charge is 0.498 e. The predicted molar refractivity (Wildman–Crippen MR) is 69.2 cm³/mol. The van der Waals surface area contributed by atoms with E-state index in [1.165, 1.54) is 12.4 Å². The van der Waals surface area contributed by atoms with Crippen molar-refractivity contribution in [3.05, 3.63) is 12.4 Å². The van der Waals surface area contributed by atoms with Crippen LogP contribution in [0.25, 0.3) is 0 Å². The molecule has 0 saturated carbocycles. The standard InChI is InChI=1S/C12H17BF2N2O3/c1-11(2)12(3,4)20-13(19-11)8-5-16-10(17-6-8)18-7-9(14)15/h5-6,9H,7H2,1-4H3. The molecule has 0 unspecified atom stereocenters. The fraction of sp³-hybridized carbons (Fsp3) is 0.667. The average Bonchev–Trinajstić information content (AvgIpc) is 2.56. The molecule has 0 amide bonds. The normalized spacial score (nSPS) is 20.4. The van der Waals surface area contributed by atoms with E-state index in [1.807, 2.05) is 27.7 Å². The Morgan fingerprint density at radius 1 is 1.15 bits per heavy atom. The molecule has 0 bridgehead atoms. The summed E-state index contributed by atoms with van der Waals surface area (Å²) in [4.78, 5) is 7.73. The smallest absolute Gasteiger partial charge is 0.457 e. The lowest BCUT2D eigenvalue weighted by molar-refractivity contribution is 0.00578. The van der Waals surface area contributed by atoms with Gasteiger partial charge in [-0.2, -0.15) is 0 Å². The monoisotopic (exact) mass is 286 g/mol. The van der Waals surface area contributed by atoms with Gasteiger partial charge in [0.05, 0.1) is 11.2 Å². The summed E-state index contributed by atoms with van der Waals surface area (Å²) in [5.41, 5.74) is -0.293. The van der Waals surface area contributed by atoms with E-state index >= 15 is 0 Å². The third-order valence-electron chi connectivity index (χ3n) is 3.51. The van der Waals surface area contributed by atoms with Crippen LogP contribution in [0.15, 0.2) is 12.4 Å². The molecule has 1 aromatic rings. The molecule has 2 heterocycles. The molecule has 20 heavy (non-hydrogen) atoms. The molecule has 8 heteroatoms. The van der Waals surface area contributed by atoms with Gasteiger partial charge in [0, 0.05) is 17.9 Å². The van der Waals surface area contributed by atoms with Crippen molar-refractivity contribution < 1.29 is 22.8 Å². The van der Waals surface area contributed by atoms with Crippen LogP contribution in [0.5, 0.6) is 6.01 Å². The van der Waals surface area contributed by atoms with Crippen LogP contribution in [0.4, 0.5) is 8.78 Å². The number of nitrogens with zero attached hydrogens (tertiary/aromatic N) is 2. The van der Waals surface area contributed by atoms with E-state index in [1.54, 1.807) is 0 Å². The fourth-order valence-corrected chi connectivity index (χ4v) is 1.64. The van der Waals surface area contributed by atoms with E-state index in [2.05, 4.69) is 9.97 Å². The van der Waals surface area contributed by atoms with Gasteiger partial charge in [-0.1, -0.05) is 0 Å². The summed E-state index contributed by atoms with van der Waals surface area (Å²) in [6.45, 7) is 7.03. The van der Waals surface area contributed by atoms with Crippen LogP contribution in [0.2, 0.25) is 0 Å². The summed E-state index contributed by atoms with van der Waals surface area (Å²) in [6, 6.07) is -0.0921. The lowest BCUT2D eigenvalue weighted by atomic mass is 9.81. The Morgan fingerprint density at radius 3 is 2.10 bits per heavy atom. The Morgan fingerprint density at radius 2 is 1.65 bits per heavy atom. The van der Waals surface area contributed by atoms with Gasteiger partial charge in [-0.15, -0.1) is 0 Å². The molecule has 110 valence electrons. The molecule has 1 aliphatic heterocycles. The highest BCUT2D eigenvalue weighted by Gasteiger charge is 2.51. The van der Waals surface area contributed by atoms with Gasteiger partial charge in [0.1, 0.15) is 0 Å². The van der Waals surface area contributed by atoms with Gasteiger partial charge in [-0.3, -0.25) is 0 Å². The number of hydrogen-bond acceptors (Lipinski definition) is 5. The molecule has 2 rings (SSSR count). The molecule has 0 radical (unpaired) electrons. The number of alkyl halides is 2. The highest BCUT2D eigenvalue weighted by atomic mass is 19.3. The molecule has 1 aromatic heterocycles. The van der Waals surface area contributed by atoms with E-state index in [9.17, 15) is 8.78 Å². The van der Waals surface area contributed by atoms with Crippen molar-refractivity contribution in [2.75, 3.05) is 6.61 Å². The molecule has 1 aliphatic rings. The van der Waals surface area contributed by atoms with Gasteiger partial charge in [0.25, 0.3) is 6.43 Å². The molecule has 1 saturated heterocycles. The van der Waals surface area contributed by atoms with Gasteiger partial charge in [-0.05, 0) is 27.7 Å². The maximum atomic E-state index is 12.0. The summed E-state index contributed by atoms with van der Waals surface area (Å²) in [6.07, 6.45) is 0.354. The van der Waals surface area contributed by atoms with Crippen LogP contribution in [0, 0.1) is 0 Å². The van der Waals surface area contributed by atoms with E-state index in [0.717, 1.165) is 0 Å². The first kappa shape index (κ1) is 15.1. The summed E-state index contributed by atoms with van der Waals surface area (Å²) in [5.74, 6) is 0. The van der Waals surface area contributed by atoms with Crippen molar-refractivity contribution in [3.63, 3.8) is 0 Å². The summed E-state index contributed by atoms with van der Waals surface area (Å²) < 4.78 is 40.4. The Labute approximate surface area is 116 Å². The first-order valence-electron chi connectivity index (χ1n) is 6.30. The molecule has 0 aromatic carbocycles. The highest BCUT2D eigenvalue weighted by Crippen LogP contribution is 2.36. The minimum atomic E-state index is -2.55. The van der Waals surface area contributed by atoms with Crippen LogP contribution < -0.4 is 10.2 Å². The average molecular weight is 286 g/mol.